The van der Waals surface area contributed by atoms with Gasteiger partial charge in [0, 0.05) is 45.0 Å². The molecular formula is C14H17ClN6O. The van der Waals surface area contributed by atoms with Crippen LogP contribution in [0.25, 0.3) is 0 Å². The highest BCUT2D eigenvalue weighted by atomic mass is 35.5. The number of aromatic nitrogens is 4. The van der Waals surface area contributed by atoms with Crippen molar-refractivity contribution in [3.8, 4) is 0 Å². The van der Waals surface area contributed by atoms with Crippen LogP contribution in [0.4, 0.5) is 5.82 Å². The molecule has 2 aromatic heterocycles. The lowest BCUT2D eigenvalue weighted by molar-refractivity contribution is -0.131. The van der Waals surface area contributed by atoms with E-state index in [-0.39, 0.29) is 5.91 Å². The highest BCUT2D eigenvalue weighted by Gasteiger charge is 2.21. The number of hydrogen-bond donors (Lipinski definition) is 0. The minimum atomic E-state index is 0.152. The molecule has 8 heteroatoms. The first-order chi connectivity index (χ1) is 10.7. The molecule has 3 heterocycles. The van der Waals surface area contributed by atoms with Crippen molar-refractivity contribution in [3.05, 3.63) is 35.7 Å². The van der Waals surface area contributed by atoms with Crippen molar-refractivity contribution in [2.75, 3.05) is 31.1 Å². The molecule has 1 saturated heterocycles. The third-order valence-electron chi connectivity index (χ3n) is 3.69. The predicted octanol–water partition coefficient (Wildman–Crippen LogP) is 1.07. The van der Waals surface area contributed by atoms with Crippen LogP contribution < -0.4 is 4.90 Å². The number of amides is 1. The third kappa shape index (κ3) is 3.54. The molecular weight excluding hydrogens is 304 g/mol. The summed E-state index contributed by atoms with van der Waals surface area (Å²) >= 11 is 5.85. The van der Waals surface area contributed by atoms with Crippen LogP contribution in [0.1, 0.15) is 6.42 Å². The topological polar surface area (TPSA) is 67.2 Å². The first kappa shape index (κ1) is 14.8. The molecule has 1 fully saturated rings. The molecule has 0 N–H and O–H groups in total. The summed E-state index contributed by atoms with van der Waals surface area (Å²) in [7, 11) is 0. The molecule has 0 spiro atoms. The summed E-state index contributed by atoms with van der Waals surface area (Å²) < 4.78 is 1.67. The number of rotatable bonds is 4. The molecule has 0 aromatic carbocycles. The van der Waals surface area contributed by atoms with E-state index >= 15 is 0 Å². The summed E-state index contributed by atoms with van der Waals surface area (Å²) in [6.45, 7) is 3.55. The van der Waals surface area contributed by atoms with E-state index in [9.17, 15) is 4.79 Å². The van der Waals surface area contributed by atoms with E-state index < -0.39 is 0 Å². The Kier molecular flexibility index (Phi) is 4.53. The van der Waals surface area contributed by atoms with Crippen LogP contribution in [0, 0.1) is 0 Å². The maximum Gasteiger partial charge on any atom is 0.224 e. The van der Waals surface area contributed by atoms with E-state index in [2.05, 4.69) is 20.2 Å². The molecule has 0 radical (unpaired) electrons. The van der Waals surface area contributed by atoms with Crippen LogP contribution in [0.5, 0.6) is 0 Å². The molecule has 1 amide bonds. The summed E-state index contributed by atoms with van der Waals surface area (Å²) in [6, 6.07) is 3.74. The van der Waals surface area contributed by atoms with Crippen LogP contribution in [-0.4, -0.2) is 57.0 Å². The zero-order valence-corrected chi connectivity index (χ0v) is 12.9. The fraction of sp³-hybridized carbons (Fsp3) is 0.429. The normalized spacial score (nSPS) is 15.1. The van der Waals surface area contributed by atoms with Gasteiger partial charge in [0.15, 0.2) is 0 Å². The number of carbonyl (C=O) groups is 1. The number of hydrogen-bond acceptors (Lipinski definition) is 5. The van der Waals surface area contributed by atoms with Gasteiger partial charge in [-0.3, -0.25) is 9.48 Å². The number of pyridine rings is 1. The number of carbonyl (C=O) groups excluding carboxylic acids is 1. The van der Waals surface area contributed by atoms with Crippen LogP contribution in [0.15, 0.2) is 30.7 Å². The Bertz CT molecular complexity index is 607. The number of aryl methyl sites for hydroxylation is 1. The summed E-state index contributed by atoms with van der Waals surface area (Å²) in [6.07, 6.45) is 5.47. The van der Waals surface area contributed by atoms with Crippen molar-refractivity contribution in [3.63, 3.8) is 0 Å². The molecule has 0 atom stereocenters. The molecule has 1 aliphatic rings. The second-order valence-corrected chi connectivity index (χ2v) is 5.56. The lowest BCUT2D eigenvalue weighted by Crippen LogP contribution is -2.49. The highest BCUT2D eigenvalue weighted by Crippen LogP contribution is 2.16. The van der Waals surface area contributed by atoms with E-state index in [0.29, 0.717) is 31.1 Å². The van der Waals surface area contributed by atoms with Gasteiger partial charge in [0.1, 0.15) is 5.82 Å². The molecule has 3 rings (SSSR count). The van der Waals surface area contributed by atoms with Gasteiger partial charge in [0.2, 0.25) is 5.91 Å². The second kappa shape index (κ2) is 6.74. The van der Waals surface area contributed by atoms with E-state index in [1.807, 2.05) is 17.0 Å². The summed E-state index contributed by atoms with van der Waals surface area (Å²) in [4.78, 5) is 20.6. The molecule has 0 unspecified atom stereocenters. The fourth-order valence-corrected chi connectivity index (χ4v) is 2.57. The van der Waals surface area contributed by atoms with Crippen LogP contribution in [-0.2, 0) is 11.3 Å². The molecule has 2 aromatic rings. The minimum Gasteiger partial charge on any atom is -0.353 e. The average Bonchev–Trinajstić information content (AvgIpc) is 3.07. The lowest BCUT2D eigenvalue weighted by atomic mass is 10.2. The molecule has 1 aliphatic heterocycles. The Morgan fingerprint density at radius 2 is 2.05 bits per heavy atom. The second-order valence-electron chi connectivity index (χ2n) is 5.12. The molecule has 22 heavy (non-hydrogen) atoms. The maximum atomic E-state index is 12.2. The molecule has 116 valence electrons. The Morgan fingerprint density at radius 1 is 1.23 bits per heavy atom. The monoisotopic (exact) mass is 320 g/mol. The molecule has 0 saturated carbocycles. The van der Waals surface area contributed by atoms with E-state index in [1.165, 1.54) is 0 Å². The Balaban J connectivity index is 1.48. The maximum absolute atomic E-state index is 12.2. The van der Waals surface area contributed by atoms with Crippen molar-refractivity contribution in [1.82, 2.24) is 24.9 Å². The zero-order valence-electron chi connectivity index (χ0n) is 12.1. The van der Waals surface area contributed by atoms with Crippen molar-refractivity contribution in [2.24, 2.45) is 0 Å². The molecule has 0 bridgehead atoms. The number of halogens is 1. The number of anilines is 1. The van der Waals surface area contributed by atoms with Gasteiger partial charge < -0.3 is 9.80 Å². The van der Waals surface area contributed by atoms with Gasteiger partial charge in [-0.15, -0.1) is 5.10 Å². The first-order valence-electron chi connectivity index (χ1n) is 7.21. The van der Waals surface area contributed by atoms with Gasteiger partial charge in [-0.05, 0) is 12.1 Å². The Hall–Kier alpha value is -2.15. The third-order valence-corrected chi connectivity index (χ3v) is 3.92. The smallest absolute Gasteiger partial charge is 0.224 e. The Morgan fingerprint density at radius 3 is 2.68 bits per heavy atom. The highest BCUT2D eigenvalue weighted by molar-refractivity contribution is 6.30. The van der Waals surface area contributed by atoms with Crippen molar-refractivity contribution < 1.29 is 4.79 Å². The summed E-state index contributed by atoms with van der Waals surface area (Å²) in [5, 5.41) is 8.22. The van der Waals surface area contributed by atoms with Crippen molar-refractivity contribution in [2.45, 2.75) is 13.0 Å². The van der Waals surface area contributed by atoms with Gasteiger partial charge in [-0.2, -0.15) is 0 Å². The van der Waals surface area contributed by atoms with Crippen LogP contribution in [0.3, 0.4) is 0 Å². The summed E-state index contributed by atoms with van der Waals surface area (Å²) in [5.74, 6) is 1.05. The van der Waals surface area contributed by atoms with Crippen LogP contribution in [0.2, 0.25) is 5.02 Å². The average molecular weight is 321 g/mol. The van der Waals surface area contributed by atoms with Crippen molar-refractivity contribution >= 4 is 23.3 Å². The quantitative estimate of drug-likeness (QED) is 0.843. The van der Waals surface area contributed by atoms with Crippen molar-refractivity contribution in [1.29, 1.82) is 0 Å². The standard InChI is InChI=1S/C14H17ClN6O/c15-12-1-2-13(16-11-12)19-7-9-20(10-8-19)14(22)3-5-21-6-4-17-18-21/h1-2,4,6,11H,3,5,7-10H2. The van der Waals surface area contributed by atoms with Gasteiger partial charge in [-0.25, -0.2) is 4.98 Å². The SMILES string of the molecule is O=C(CCn1ccnn1)N1CCN(c2ccc(Cl)cn2)CC1. The van der Waals surface area contributed by atoms with Gasteiger partial charge >= 0.3 is 0 Å². The fourth-order valence-electron chi connectivity index (χ4n) is 2.46. The largest absolute Gasteiger partial charge is 0.353 e. The van der Waals surface area contributed by atoms with E-state index in [0.717, 1.165) is 18.9 Å². The first-order valence-corrected chi connectivity index (χ1v) is 7.58. The van der Waals surface area contributed by atoms with Crippen LogP contribution >= 0.6 is 11.6 Å². The number of piperazine rings is 1. The zero-order chi connectivity index (χ0) is 15.4. The Labute approximate surface area is 133 Å². The van der Waals surface area contributed by atoms with E-state index in [4.69, 9.17) is 11.6 Å². The molecule has 7 nitrogen and oxygen atoms in total. The minimum absolute atomic E-state index is 0.152. The summed E-state index contributed by atoms with van der Waals surface area (Å²) in [5.41, 5.74) is 0. The van der Waals surface area contributed by atoms with Gasteiger partial charge in [0.05, 0.1) is 17.8 Å². The number of nitrogens with zero attached hydrogens (tertiary/aromatic N) is 6. The van der Waals surface area contributed by atoms with E-state index in [1.54, 1.807) is 23.3 Å². The van der Waals surface area contributed by atoms with Gasteiger partial charge in [0.25, 0.3) is 0 Å². The van der Waals surface area contributed by atoms with Gasteiger partial charge in [-0.1, -0.05) is 16.8 Å². The lowest BCUT2D eigenvalue weighted by Gasteiger charge is -2.35. The molecule has 0 aliphatic carbocycles. The predicted molar refractivity (Wildman–Crippen MR) is 82.7 cm³/mol.